The molecule has 0 saturated heterocycles. The van der Waals surface area contributed by atoms with Crippen LogP contribution in [0.25, 0.3) is 11.0 Å². The fourth-order valence-corrected chi connectivity index (χ4v) is 3.05. The first-order valence-electron chi connectivity index (χ1n) is 9.84. The molecule has 0 aliphatic carbocycles. The minimum Gasteiger partial charge on any atom is -0.497 e. The number of carbonyl (C=O) groups excluding carboxylic acids is 1. The van der Waals surface area contributed by atoms with E-state index in [9.17, 15) is 9.59 Å². The molecule has 0 radical (unpaired) electrons. The standard InChI is InChI=1S/C23H25NO6/c1-4-28-20-8-6-15(12-21(20)29-5-2)10-11-24-22(25)18-14-16-13-17(27-3)7-9-19(16)30-23(18)26/h6-9,12-14H,4-5,10-11H2,1-3H3,(H,24,25). The summed E-state index contributed by atoms with van der Waals surface area (Å²) in [5.74, 6) is 1.50. The lowest BCUT2D eigenvalue weighted by atomic mass is 10.1. The highest BCUT2D eigenvalue weighted by molar-refractivity contribution is 5.96. The Hall–Kier alpha value is -3.48. The Morgan fingerprint density at radius 1 is 1.00 bits per heavy atom. The van der Waals surface area contributed by atoms with Gasteiger partial charge in [-0.1, -0.05) is 6.07 Å². The Morgan fingerprint density at radius 3 is 2.50 bits per heavy atom. The SMILES string of the molecule is CCOc1ccc(CCNC(=O)c2cc3cc(OC)ccc3oc2=O)cc1OCC. The van der Waals surface area contributed by atoms with Crippen molar-refractivity contribution in [2.75, 3.05) is 26.9 Å². The van der Waals surface area contributed by atoms with E-state index in [4.69, 9.17) is 18.6 Å². The van der Waals surface area contributed by atoms with Crippen molar-refractivity contribution in [3.05, 3.63) is 64.0 Å². The average Bonchev–Trinajstić information content (AvgIpc) is 2.75. The third-order valence-corrected chi connectivity index (χ3v) is 4.49. The van der Waals surface area contributed by atoms with Gasteiger partial charge in [-0.2, -0.15) is 0 Å². The van der Waals surface area contributed by atoms with Crippen LogP contribution in [-0.4, -0.2) is 32.8 Å². The number of methoxy groups -OCH3 is 1. The lowest BCUT2D eigenvalue weighted by Crippen LogP contribution is -2.29. The Bertz CT molecular complexity index is 1090. The van der Waals surface area contributed by atoms with Crippen LogP contribution in [0.15, 0.2) is 51.7 Å². The molecule has 3 rings (SSSR count). The van der Waals surface area contributed by atoms with Crippen molar-refractivity contribution >= 4 is 16.9 Å². The molecule has 1 N–H and O–H groups in total. The van der Waals surface area contributed by atoms with E-state index < -0.39 is 11.5 Å². The molecule has 7 nitrogen and oxygen atoms in total. The van der Waals surface area contributed by atoms with Gasteiger partial charge in [0.15, 0.2) is 11.5 Å². The third-order valence-electron chi connectivity index (χ3n) is 4.49. The molecule has 7 heteroatoms. The Labute approximate surface area is 174 Å². The molecule has 1 heterocycles. The summed E-state index contributed by atoms with van der Waals surface area (Å²) in [7, 11) is 1.55. The van der Waals surface area contributed by atoms with Crippen LogP contribution in [0.5, 0.6) is 17.2 Å². The van der Waals surface area contributed by atoms with E-state index in [-0.39, 0.29) is 5.56 Å². The molecule has 0 aliphatic rings. The number of fused-ring (bicyclic) bond motifs is 1. The van der Waals surface area contributed by atoms with Gasteiger partial charge in [0.2, 0.25) is 0 Å². The molecule has 0 spiro atoms. The maximum absolute atomic E-state index is 12.5. The number of benzene rings is 2. The first-order valence-corrected chi connectivity index (χ1v) is 9.84. The predicted molar refractivity (Wildman–Crippen MR) is 114 cm³/mol. The van der Waals surface area contributed by atoms with Gasteiger partial charge in [-0.05, 0) is 62.2 Å². The molecule has 2 aromatic carbocycles. The minimum atomic E-state index is -0.676. The first kappa shape index (κ1) is 21.2. The van der Waals surface area contributed by atoms with E-state index in [1.54, 1.807) is 25.3 Å². The van der Waals surface area contributed by atoms with Crippen LogP contribution in [0.4, 0.5) is 0 Å². The second-order valence-corrected chi connectivity index (χ2v) is 6.50. The molecule has 30 heavy (non-hydrogen) atoms. The van der Waals surface area contributed by atoms with Crippen molar-refractivity contribution in [3.8, 4) is 17.2 Å². The van der Waals surface area contributed by atoms with Crippen LogP contribution in [-0.2, 0) is 6.42 Å². The van der Waals surface area contributed by atoms with Crippen molar-refractivity contribution in [1.82, 2.24) is 5.32 Å². The van der Waals surface area contributed by atoms with Crippen LogP contribution in [0.3, 0.4) is 0 Å². The Balaban J connectivity index is 1.69. The van der Waals surface area contributed by atoms with Gasteiger partial charge in [0.1, 0.15) is 16.9 Å². The largest absolute Gasteiger partial charge is 0.497 e. The van der Waals surface area contributed by atoms with E-state index in [1.165, 1.54) is 6.07 Å². The number of nitrogens with one attached hydrogen (secondary N) is 1. The number of carbonyl (C=O) groups is 1. The monoisotopic (exact) mass is 411 g/mol. The average molecular weight is 411 g/mol. The zero-order chi connectivity index (χ0) is 21.5. The zero-order valence-electron chi connectivity index (χ0n) is 17.3. The quantitative estimate of drug-likeness (QED) is 0.542. The van der Waals surface area contributed by atoms with Gasteiger partial charge in [0.25, 0.3) is 5.91 Å². The van der Waals surface area contributed by atoms with Crippen LogP contribution in [0, 0.1) is 0 Å². The van der Waals surface area contributed by atoms with Gasteiger partial charge < -0.3 is 23.9 Å². The van der Waals surface area contributed by atoms with Crippen molar-refractivity contribution in [1.29, 1.82) is 0 Å². The molecule has 158 valence electrons. The van der Waals surface area contributed by atoms with Gasteiger partial charge in [-0.3, -0.25) is 4.79 Å². The topological polar surface area (TPSA) is 87.0 Å². The second-order valence-electron chi connectivity index (χ2n) is 6.50. The number of rotatable bonds is 9. The summed E-state index contributed by atoms with van der Waals surface area (Å²) in [4.78, 5) is 24.7. The summed E-state index contributed by atoms with van der Waals surface area (Å²) >= 11 is 0. The highest BCUT2D eigenvalue weighted by atomic mass is 16.5. The van der Waals surface area contributed by atoms with Crippen molar-refractivity contribution < 1.29 is 23.4 Å². The number of hydrogen-bond donors (Lipinski definition) is 1. The summed E-state index contributed by atoms with van der Waals surface area (Å²) in [5.41, 5.74) is 0.662. The fourth-order valence-electron chi connectivity index (χ4n) is 3.05. The highest BCUT2D eigenvalue weighted by Crippen LogP contribution is 2.28. The van der Waals surface area contributed by atoms with E-state index in [2.05, 4.69) is 5.32 Å². The third kappa shape index (κ3) is 4.92. The minimum absolute atomic E-state index is 0.0440. The zero-order valence-corrected chi connectivity index (χ0v) is 17.3. The van der Waals surface area contributed by atoms with Crippen LogP contribution in [0.1, 0.15) is 29.8 Å². The van der Waals surface area contributed by atoms with Gasteiger partial charge in [0, 0.05) is 11.9 Å². The Morgan fingerprint density at radius 2 is 1.77 bits per heavy atom. The summed E-state index contributed by atoms with van der Waals surface area (Å²) in [6.45, 7) is 5.26. The van der Waals surface area contributed by atoms with Gasteiger partial charge >= 0.3 is 5.63 Å². The molecule has 0 atom stereocenters. The van der Waals surface area contributed by atoms with E-state index in [0.717, 1.165) is 5.56 Å². The number of hydrogen-bond acceptors (Lipinski definition) is 6. The van der Waals surface area contributed by atoms with Crippen molar-refractivity contribution in [2.24, 2.45) is 0 Å². The molecule has 1 aromatic heterocycles. The molecule has 0 unspecified atom stereocenters. The molecule has 0 aliphatic heterocycles. The normalized spacial score (nSPS) is 10.6. The number of amides is 1. The van der Waals surface area contributed by atoms with Crippen molar-refractivity contribution in [3.63, 3.8) is 0 Å². The molecular formula is C23H25NO6. The highest BCUT2D eigenvalue weighted by Gasteiger charge is 2.14. The number of ether oxygens (including phenoxy) is 3. The summed E-state index contributed by atoms with van der Waals surface area (Å²) in [5, 5.41) is 3.39. The molecular weight excluding hydrogens is 386 g/mol. The van der Waals surface area contributed by atoms with E-state index in [0.29, 0.717) is 54.4 Å². The summed E-state index contributed by atoms with van der Waals surface area (Å²) < 4.78 is 21.6. The van der Waals surface area contributed by atoms with Gasteiger partial charge in [0.05, 0.1) is 20.3 Å². The molecule has 3 aromatic rings. The van der Waals surface area contributed by atoms with E-state index in [1.807, 2.05) is 32.0 Å². The first-order chi connectivity index (χ1) is 14.5. The Kier molecular flexibility index (Phi) is 6.95. The molecule has 0 bridgehead atoms. The van der Waals surface area contributed by atoms with Crippen molar-refractivity contribution in [2.45, 2.75) is 20.3 Å². The molecule has 0 saturated carbocycles. The van der Waals surface area contributed by atoms with Crippen LogP contribution >= 0.6 is 0 Å². The second kappa shape index (κ2) is 9.82. The summed E-state index contributed by atoms with van der Waals surface area (Å²) in [6.07, 6.45) is 0.574. The van der Waals surface area contributed by atoms with E-state index >= 15 is 0 Å². The molecule has 0 fully saturated rings. The van der Waals surface area contributed by atoms with Crippen LogP contribution in [0.2, 0.25) is 0 Å². The van der Waals surface area contributed by atoms with Gasteiger partial charge in [-0.15, -0.1) is 0 Å². The van der Waals surface area contributed by atoms with Gasteiger partial charge in [-0.25, -0.2) is 4.79 Å². The van der Waals surface area contributed by atoms with Crippen LogP contribution < -0.4 is 25.2 Å². The lowest BCUT2D eigenvalue weighted by Gasteiger charge is -2.12. The summed E-state index contributed by atoms with van der Waals surface area (Å²) in [6, 6.07) is 12.2. The fraction of sp³-hybridized carbons (Fsp3) is 0.304. The maximum Gasteiger partial charge on any atom is 0.349 e. The smallest absolute Gasteiger partial charge is 0.349 e. The maximum atomic E-state index is 12.5. The molecule has 1 amide bonds. The predicted octanol–water partition coefficient (Wildman–Crippen LogP) is 3.57. The lowest BCUT2D eigenvalue weighted by molar-refractivity contribution is 0.0950.